The van der Waals surface area contributed by atoms with Crippen LogP contribution in [0.3, 0.4) is 0 Å². The molecule has 1 atom stereocenters. The summed E-state index contributed by atoms with van der Waals surface area (Å²) in [4.78, 5) is 11.0. The van der Waals surface area contributed by atoms with Gasteiger partial charge >= 0.3 is 6.09 Å². The zero-order chi connectivity index (χ0) is 13.9. The van der Waals surface area contributed by atoms with Crippen LogP contribution in [0.1, 0.15) is 0 Å². The van der Waals surface area contributed by atoms with Crippen molar-refractivity contribution in [3.8, 4) is 12.3 Å². The highest BCUT2D eigenvalue weighted by Crippen LogP contribution is 1.98. The van der Waals surface area contributed by atoms with Crippen molar-refractivity contribution in [3.63, 3.8) is 0 Å². The van der Waals surface area contributed by atoms with E-state index >= 15 is 0 Å². The quantitative estimate of drug-likeness (QED) is 0.285. The zero-order valence-electron chi connectivity index (χ0n) is 11.3. The number of carbonyl (C=O) groups is 1. The third-order valence-electron chi connectivity index (χ3n) is 2.38. The minimum absolute atomic E-state index is 0.00656. The predicted octanol–water partition coefficient (Wildman–Crippen LogP) is 0.314. The van der Waals surface area contributed by atoms with E-state index in [1.807, 2.05) is 0 Å². The maximum absolute atomic E-state index is 11.0. The molecule has 0 bridgehead atoms. The number of hydrogen-bond acceptors (Lipinski definition) is 3. The highest BCUT2D eigenvalue weighted by atomic mass is 31.0. The summed E-state index contributed by atoms with van der Waals surface area (Å²) in [6.07, 6.45) is 5.53. The fraction of sp³-hybridized carbons (Fsp3) is 0.750. The van der Waals surface area contributed by atoms with Gasteiger partial charge in [-0.05, 0) is 0 Å². The van der Waals surface area contributed by atoms with Crippen LogP contribution in [0.25, 0.3) is 0 Å². The Morgan fingerprint density at radius 1 is 1.39 bits per heavy atom. The van der Waals surface area contributed by atoms with Crippen LogP contribution in [0.15, 0.2) is 0 Å². The number of terminal acetylenes is 1. The van der Waals surface area contributed by atoms with Crippen LogP contribution in [0.2, 0.25) is 0 Å². The Labute approximate surface area is 112 Å². The second kappa shape index (κ2) is 10.1. The number of alkyl carbamates (subject to hydrolysis) is 1. The van der Waals surface area contributed by atoms with Gasteiger partial charge in [0.2, 0.25) is 0 Å². The monoisotopic (exact) mass is 275 g/mol. The van der Waals surface area contributed by atoms with Crippen LogP contribution < -0.4 is 5.32 Å². The van der Waals surface area contributed by atoms with E-state index in [-0.39, 0.29) is 6.61 Å². The average molecular weight is 275 g/mol. The minimum atomic E-state index is -0.504. The third kappa shape index (κ3) is 10.3. The van der Waals surface area contributed by atoms with Gasteiger partial charge in [0.1, 0.15) is 6.54 Å². The Hall–Kier alpha value is -0.820. The van der Waals surface area contributed by atoms with Gasteiger partial charge in [0.25, 0.3) is 0 Å². The number of likely N-dealkylation sites (N-methyl/N-ethyl adjacent to an activating group) is 1. The maximum Gasteiger partial charge on any atom is 0.408 e. The summed E-state index contributed by atoms with van der Waals surface area (Å²) < 4.78 is 11.0. The van der Waals surface area contributed by atoms with Gasteiger partial charge in [0, 0.05) is 12.7 Å². The van der Waals surface area contributed by atoms with E-state index in [4.69, 9.17) is 11.2 Å². The van der Waals surface area contributed by atoms with Gasteiger partial charge < -0.3 is 19.3 Å². The van der Waals surface area contributed by atoms with Crippen molar-refractivity contribution in [2.24, 2.45) is 0 Å². The van der Waals surface area contributed by atoms with Crippen LogP contribution in [-0.2, 0) is 9.47 Å². The molecule has 0 aromatic rings. The molecule has 1 unspecified atom stereocenters. The Morgan fingerprint density at radius 3 is 2.72 bits per heavy atom. The SMILES string of the molecule is C#CCOC(=O)NCCOCC[N+](C)(C)CCP. The van der Waals surface area contributed by atoms with Crippen LogP contribution >= 0.6 is 9.24 Å². The van der Waals surface area contributed by atoms with Gasteiger partial charge in [-0.2, -0.15) is 0 Å². The van der Waals surface area contributed by atoms with Gasteiger partial charge in [0.15, 0.2) is 6.61 Å². The van der Waals surface area contributed by atoms with Gasteiger partial charge in [-0.15, -0.1) is 15.7 Å². The lowest BCUT2D eigenvalue weighted by atomic mass is 10.4. The van der Waals surface area contributed by atoms with E-state index < -0.39 is 6.09 Å². The molecule has 0 fully saturated rings. The second-order valence-corrected chi connectivity index (χ2v) is 5.07. The number of rotatable bonds is 9. The summed E-state index contributed by atoms with van der Waals surface area (Å²) in [5, 5.41) is 2.55. The number of ether oxygens (including phenoxy) is 2. The number of carbonyl (C=O) groups excluding carboxylic acids is 1. The van der Waals surface area contributed by atoms with Crippen LogP contribution in [0, 0.1) is 12.3 Å². The molecule has 0 heterocycles. The molecule has 0 aliphatic carbocycles. The highest BCUT2D eigenvalue weighted by molar-refractivity contribution is 7.16. The number of quaternary nitrogens is 1. The van der Waals surface area contributed by atoms with E-state index in [9.17, 15) is 4.79 Å². The van der Waals surface area contributed by atoms with Gasteiger partial charge in [-0.3, -0.25) is 0 Å². The second-order valence-electron chi connectivity index (χ2n) is 4.49. The van der Waals surface area contributed by atoms with E-state index in [0.717, 1.165) is 23.7 Å². The van der Waals surface area contributed by atoms with Crippen LogP contribution in [-0.4, -0.2) is 70.3 Å². The zero-order valence-corrected chi connectivity index (χ0v) is 12.4. The molecule has 104 valence electrons. The Balaban J connectivity index is 3.41. The van der Waals surface area contributed by atoms with Crippen molar-refractivity contribution in [1.29, 1.82) is 0 Å². The van der Waals surface area contributed by atoms with Gasteiger partial charge in [-0.25, -0.2) is 4.79 Å². The molecule has 1 N–H and O–H groups in total. The summed E-state index contributed by atoms with van der Waals surface area (Å²) in [5.41, 5.74) is 0. The summed E-state index contributed by atoms with van der Waals surface area (Å²) >= 11 is 0. The first-order chi connectivity index (χ1) is 8.52. The summed E-state index contributed by atoms with van der Waals surface area (Å²) in [6, 6.07) is 0. The largest absolute Gasteiger partial charge is 0.436 e. The molecule has 0 radical (unpaired) electrons. The van der Waals surface area contributed by atoms with E-state index in [0.29, 0.717) is 19.8 Å². The fourth-order valence-corrected chi connectivity index (χ4v) is 1.96. The van der Waals surface area contributed by atoms with Crippen molar-refractivity contribution in [2.75, 3.05) is 59.7 Å². The fourth-order valence-electron chi connectivity index (χ4n) is 1.26. The number of amides is 1. The van der Waals surface area contributed by atoms with Crippen molar-refractivity contribution in [3.05, 3.63) is 0 Å². The molecule has 0 aromatic carbocycles. The molecule has 1 amide bonds. The molecule has 5 nitrogen and oxygen atoms in total. The van der Waals surface area contributed by atoms with Crippen LogP contribution in [0.4, 0.5) is 4.79 Å². The maximum atomic E-state index is 11.0. The predicted molar refractivity (Wildman–Crippen MR) is 75.4 cm³/mol. The molecule has 0 saturated carbocycles. The summed E-state index contributed by atoms with van der Waals surface area (Å²) in [7, 11) is 7.07. The van der Waals surface area contributed by atoms with Crippen molar-refractivity contribution in [1.82, 2.24) is 5.32 Å². The summed E-state index contributed by atoms with van der Waals surface area (Å²) in [5.74, 6) is 2.22. The minimum Gasteiger partial charge on any atom is -0.436 e. The molecule has 0 saturated heterocycles. The van der Waals surface area contributed by atoms with Gasteiger partial charge in [0.05, 0.1) is 33.9 Å². The molecule has 0 rings (SSSR count). The number of hydrogen-bond donors (Lipinski definition) is 1. The lowest BCUT2D eigenvalue weighted by molar-refractivity contribution is -0.888. The Morgan fingerprint density at radius 2 is 2.11 bits per heavy atom. The molecule has 0 spiro atoms. The molecule has 0 aliphatic heterocycles. The Kier molecular flexibility index (Phi) is 9.67. The van der Waals surface area contributed by atoms with E-state index in [1.54, 1.807) is 0 Å². The highest BCUT2D eigenvalue weighted by Gasteiger charge is 2.12. The molecule has 6 heteroatoms. The Bertz CT molecular complexity index is 277. The number of nitrogens with one attached hydrogen (secondary N) is 1. The first-order valence-electron chi connectivity index (χ1n) is 5.96. The third-order valence-corrected chi connectivity index (χ3v) is 2.64. The smallest absolute Gasteiger partial charge is 0.408 e. The number of nitrogens with zero attached hydrogens (tertiary/aromatic N) is 1. The van der Waals surface area contributed by atoms with Crippen molar-refractivity contribution in [2.45, 2.75) is 0 Å². The van der Waals surface area contributed by atoms with Crippen molar-refractivity contribution >= 4 is 15.3 Å². The molecular weight excluding hydrogens is 251 g/mol. The lowest BCUT2D eigenvalue weighted by Crippen LogP contribution is -2.43. The topological polar surface area (TPSA) is 47.6 Å². The van der Waals surface area contributed by atoms with E-state index in [2.05, 4.69) is 39.3 Å². The van der Waals surface area contributed by atoms with Crippen molar-refractivity contribution < 1.29 is 18.8 Å². The summed E-state index contributed by atoms with van der Waals surface area (Å²) in [6.45, 7) is 3.64. The average Bonchev–Trinajstić information content (AvgIpc) is 2.30. The van der Waals surface area contributed by atoms with E-state index in [1.165, 1.54) is 0 Å². The standard InChI is InChI=1S/C12H23N2O3P/c1-4-8-17-12(15)13-5-9-16-10-6-14(2,3)7-11-18/h1H,5-11,18H2,2-3H3/p+1. The van der Waals surface area contributed by atoms with Gasteiger partial charge in [-0.1, -0.05) is 5.92 Å². The first kappa shape index (κ1) is 17.2. The molecule has 0 aromatic heterocycles. The molecular formula is C12H24N2O3P+. The normalized spacial score (nSPS) is 10.8. The molecule has 0 aliphatic rings. The lowest BCUT2D eigenvalue weighted by Gasteiger charge is -2.29. The first-order valence-corrected chi connectivity index (χ1v) is 6.77. The molecule has 18 heavy (non-hydrogen) atoms. The van der Waals surface area contributed by atoms with Crippen LogP contribution in [0.5, 0.6) is 0 Å².